The van der Waals surface area contributed by atoms with Gasteiger partial charge in [0.1, 0.15) is 18.1 Å². The normalized spacial score (nSPS) is 13.6. The summed E-state index contributed by atoms with van der Waals surface area (Å²) < 4.78 is 11.5. The summed E-state index contributed by atoms with van der Waals surface area (Å²) >= 11 is 6.32. The topological polar surface area (TPSA) is 35.5 Å². The second-order valence-corrected chi connectivity index (χ2v) is 6.99. The van der Waals surface area contributed by atoms with Crippen LogP contribution in [0.3, 0.4) is 0 Å². The quantitative estimate of drug-likeness (QED) is 0.488. The Bertz CT molecular complexity index is 794. The maximum absolute atomic E-state index is 11.6. The third-order valence-electron chi connectivity index (χ3n) is 4.60. The van der Waals surface area contributed by atoms with Gasteiger partial charge in [-0.25, -0.2) is 0 Å². The number of carbonyl (C=O) groups excluding carboxylic acids is 1. The third kappa shape index (κ3) is 4.16. The number of ether oxygens (including phenoxy) is 2. The van der Waals surface area contributed by atoms with Gasteiger partial charge in [-0.05, 0) is 67.5 Å². The number of hydrogen-bond acceptors (Lipinski definition) is 3. The smallest absolute Gasteiger partial charge is 0.310 e. The summed E-state index contributed by atoms with van der Waals surface area (Å²) in [5.41, 5.74) is 4.45. The first-order valence-corrected chi connectivity index (χ1v) is 9.09. The third-order valence-corrected chi connectivity index (χ3v) is 4.96. The molecule has 2 aromatic carbocycles. The fourth-order valence-electron chi connectivity index (χ4n) is 2.77. The monoisotopic (exact) mass is 358 g/mol. The van der Waals surface area contributed by atoms with Crippen LogP contribution in [0.25, 0.3) is 0 Å². The predicted octanol–water partition coefficient (Wildman–Crippen LogP) is 5.73. The zero-order valence-corrected chi connectivity index (χ0v) is 15.7. The Kier molecular flexibility index (Phi) is 5.33. The molecule has 1 aliphatic rings. The molecule has 1 aliphatic carbocycles. The maximum atomic E-state index is 11.6. The molecule has 0 unspecified atom stereocenters. The molecule has 3 nitrogen and oxygen atoms in total. The van der Waals surface area contributed by atoms with E-state index in [4.69, 9.17) is 21.1 Å². The molecule has 3 rings (SSSR count). The minimum absolute atomic E-state index is 0.272. The lowest BCUT2D eigenvalue weighted by Crippen LogP contribution is -2.09. The van der Waals surface area contributed by atoms with Gasteiger partial charge in [0, 0.05) is 6.42 Å². The van der Waals surface area contributed by atoms with Crippen molar-refractivity contribution in [3.63, 3.8) is 0 Å². The molecule has 0 heterocycles. The van der Waals surface area contributed by atoms with Crippen LogP contribution in [-0.4, -0.2) is 5.97 Å². The van der Waals surface area contributed by atoms with Crippen molar-refractivity contribution in [2.24, 2.45) is 0 Å². The summed E-state index contributed by atoms with van der Waals surface area (Å²) in [6.45, 7) is 6.25. The molecule has 132 valence electrons. The molecule has 0 saturated heterocycles. The zero-order valence-electron chi connectivity index (χ0n) is 14.9. The SMILES string of the molecule is CCC(=O)Oc1cccc(Cl)c1COc1cc(C)c(C)cc1C1CC1. The standard InChI is InChI=1S/C21H23ClO3/c1-4-21(23)25-19-7-5-6-18(22)17(19)12-24-20-11-14(3)13(2)10-16(20)15-8-9-15/h5-7,10-11,15H,4,8-9,12H2,1-3H3. The molecule has 2 aromatic rings. The van der Waals surface area contributed by atoms with E-state index in [0.717, 1.165) is 5.75 Å². The Labute approximate surface area is 153 Å². The van der Waals surface area contributed by atoms with Crippen LogP contribution in [0, 0.1) is 13.8 Å². The lowest BCUT2D eigenvalue weighted by atomic mass is 10.0. The first-order valence-electron chi connectivity index (χ1n) is 8.71. The first kappa shape index (κ1) is 17.8. The highest BCUT2D eigenvalue weighted by Gasteiger charge is 2.27. The zero-order chi connectivity index (χ0) is 18.0. The maximum Gasteiger partial charge on any atom is 0.310 e. The van der Waals surface area contributed by atoms with Crippen LogP contribution < -0.4 is 9.47 Å². The Morgan fingerprint density at radius 1 is 1.16 bits per heavy atom. The molecular weight excluding hydrogens is 336 g/mol. The van der Waals surface area contributed by atoms with Crippen LogP contribution in [0.1, 0.15) is 54.4 Å². The van der Waals surface area contributed by atoms with Crippen LogP contribution in [-0.2, 0) is 11.4 Å². The fourth-order valence-corrected chi connectivity index (χ4v) is 2.99. The minimum Gasteiger partial charge on any atom is -0.488 e. The summed E-state index contributed by atoms with van der Waals surface area (Å²) in [6.07, 6.45) is 2.74. The van der Waals surface area contributed by atoms with Gasteiger partial charge in [-0.3, -0.25) is 4.79 Å². The number of halogens is 1. The molecule has 1 fully saturated rings. The van der Waals surface area contributed by atoms with E-state index < -0.39 is 0 Å². The highest BCUT2D eigenvalue weighted by atomic mass is 35.5. The van der Waals surface area contributed by atoms with Gasteiger partial charge in [0.05, 0.1) is 10.6 Å². The molecule has 0 atom stereocenters. The van der Waals surface area contributed by atoms with Crippen LogP contribution in [0.4, 0.5) is 0 Å². The van der Waals surface area contributed by atoms with E-state index in [0.29, 0.717) is 28.7 Å². The molecule has 25 heavy (non-hydrogen) atoms. The Balaban J connectivity index is 1.85. The summed E-state index contributed by atoms with van der Waals surface area (Å²) in [5.74, 6) is 1.68. The van der Waals surface area contributed by atoms with Crippen LogP contribution in [0.15, 0.2) is 30.3 Å². The molecule has 0 amide bonds. The highest BCUT2D eigenvalue weighted by Crippen LogP contribution is 2.45. The van der Waals surface area contributed by atoms with Crippen molar-refractivity contribution < 1.29 is 14.3 Å². The van der Waals surface area contributed by atoms with Crippen molar-refractivity contribution >= 4 is 17.6 Å². The number of rotatable bonds is 6. The number of esters is 1. The van der Waals surface area contributed by atoms with Gasteiger partial charge in [0.2, 0.25) is 0 Å². The molecule has 1 saturated carbocycles. The van der Waals surface area contributed by atoms with Gasteiger partial charge >= 0.3 is 5.97 Å². The molecule has 0 aromatic heterocycles. The van der Waals surface area contributed by atoms with Crippen LogP contribution in [0.5, 0.6) is 11.5 Å². The van der Waals surface area contributed by atoms with Crippen molar-refractivity contribution in [2.45, 2.75) is 52.6 Å². The van der Waals surface area contributed by atoms with E-state index in [2.05, 4.69) is 26.0 Å². The van der Waals surface area contributed by atoms with Gasteiger partial charge in [-0.1, -0.05) is 30.7 Å². The molecular formula is C21H23ClO3. The first-order chi connectivity index (χ1) is 12.0. The fraction of sp³-hybridized carbons (Fsp3) is 0.381. The molecule has 0 aliphatic heterocycles. The van der Waals surface area contributed by atoms with Gasteiger partial charge in [-0.15, -0.1) is 0 Å². The Morgan fingerprint density at radius 2 is 1.88 bits per heavy atom. The largest absolute Gasteiger partial charge is 0.488 e. The van der Waals surface area contributed by atoms with E-state index in [1.165, 1.54) is 29.5 Å². The molecule has 0 radical (unpaired) electrons. The van der Waals surface area contributed by atoms with E-state index in [1.54, 1.807) is 25.1 Å². The average Bonchev–Trinajstić information content (AvgIpc) is 3.42. The number of hydrogen-bond donors (Lipinski definition) is 0. The highest BCUT2D eigenvalue weighted by molar-refractivity contribution is 6.31. The van der Waals surface area contributed by atoms with Gasteiger partial charge in [0.15, 0.2) is 0 Å². The Morgan fingerprint density at radius 3 is 2.56 bits per heavy atom. The van der Waals surface area contributed by atoms with Crippen molar-refractivity contribution in [2.75, 3.05) is 0 Å². The van der Waals surface area contributed by atoms with Crippen molar-refractivity contribution in [1.29, 1.82) is 0 Å². The van der Waals surface area contributed by atoms with Crippen molar-refractivity contribution in [3.8, 4) is 11.5 Å². The van der Waals surface area contributed by atoms with Crippen LogP contribution >= 0.6 is 11.6 Å². The molecule has 0 bridgehead atoms. The van der Waals surface area contributed by atoms with E-state index in [9.17, 15) is 4.79 Å². The molecule has 4 heteroatoms. The predicted molar refractivity (Wildman–Crippen MR) is 99.6 cm³/mol. The summed E-state index contributed by atoms with van der Waals surface area (Å²) in [4.78, 5) is 11.6. The summed E-state index contributed by atoms with van der Waals surface area (Å²) in [7, 11) is 0. The van der Waals surface area contributed by atoms with Gasteiger partial charge < -0.3 is 9.47 Å². The number of carbonyl (C=O) groups is 1. The second-order valence-electron chi connectivity index (χ2n) is 6.58. The minimum atomic E-state index is -0.284. The van der Waals surface area contributed by atoms with Crippen LogP contribution in [0.2, 0.25) is 5.02 Å². The van der Waals surface area contributed by atoms with Gasteiger partial charge in [0.25, 0.3) is 0 Å². The Hall–Kier alpha value is -2.00. The molecule has 0 N–H and O–H groups in total. The second kappa shape index (κ2) is 7.49. The lowest BCUT2D eigenvalue weighted by molar-refractivity contribution is -0.134. The van der Waals surface area contributed by atoms with Crippen molar-refractivity contribution in [1.82, 2.24) is 0 Å². The van der Waals surface area contributed by atoms with E-state index in [-0.39, 0.29) is 12.6 Å². The van der Waals surface area contributed by atoms with Gasteiger partial charge in [-0.2, -0.15) is 0 Å². The number of aryl methyl sites for hydroxylation is 2. The van der Waals surface area contributed by atoms with E-state index >= 15 is 0 Å². The lowest BCUT2D eigenvalue weighted by Gasteiger charge is -2.16. The average molecular weight is 359 g/mol. The van der Waals surface area contributed by atoms with E-state index in [1.807, 2.05) is 0 Å². The number of benzene rings is 2. The summed E-state index contributed by atoms with van der Waals surface area (Å²) in [6, 6.07) is 9.63. The summed E-state index contributed by atoms with van der Waals surface area (Å²) in [5, 5.41) is 0.540. The molecule has 0 spiro atoms. The van der Waals surface area contributed by atoms with Crippen molar-refractivity contribution in [3.05, 3.63) is 57.6 Å².